The number of methoxy groups -OCH3 is 1. The number of para-hydroxylation sites is 1. The van der Waals surface area contributed by atoms with Crippen LogP contribution in [0.1, 0.15) is 18.1 Å². The Morgan fingerprint density at radius 2 is 1.90 bits per heavy atom. The Kier molecular flexibility index (Phi) is 6.63. The Hall–Kier alpha value is -3.61. The van der Waals surface area contributed by atoms with Gasteiger partial charge in [0.15, 0.2) is 0 Å². The molecule has 1 N–H and O–H groups in total. The molecule has 2 aromatic carbocycles. The molecule has 1 amide bonds. The van der Waals surface area contributed by atoms with Gasteiger partial charge in [-0.2, -0.15) is 5.10 Å². The predicted molar refractivity (Wildman–Crippen MR) is 111 cm³/mol. The number of nitrogens with zero attached hydrogens (tertiary/aromatic N) is 2. The van der Waals surface area contributed by atoms with E-state index in [2.05, 4.69) is 10.5 Å². The van der Waals surface area contributed by atoms with Crippen LogP contribution in [0, 0.1) is 0 Å². The number of carbonyl (C=O) groups excluding carboxylic acids is 2. The van der Waals surface area contributed by atoms with Crippen LogP contribution < -0.4 is 10.2 Å². The van der Waals surface area contributed by atoms with E-state index in [1.807, 2.05) is 59.3 Å². The molecule has 0 saturated carbocycles. The number of hydrogen-bond acceptors (Lipinski definition) is 5. The topological polar surface area (TPSA) is 81.9 Å². The van der Waals surface area contributed by atoms with Crippen molar-refractivity contribution in [2.24, 2.45) is 5.10 Å². The Morgan fingerprint density at radius 1 is 1.14 bits per heavy atom. The summed E-state index contributed by atoms with van der Waals surface area (Å²) in [6.07, 6.45) is 3.61. The highest BCUT2D eigenvalue weighted by Crippen LogP contribution is 2.20. The summed E-state index contributed by atoms with van der Waals surface area (Å²) in [6.45, 7) is 2.23. The molecule has 3 aromatic rings. The second-order valence-corrected chi connectivity index (χ2v) is 6.35. The van der Waals surface area contributed by atoms with Crippen LogP contribution >= 0.6 is 0 Å². The van der Waals surface area contributed by atoms with Crippen LogP contribution in [0.5, 0.6) is 5.75 Å². The lowest BCUT2D eigenvalue weighted by Gasteiger charge is -2.04. The molecule has 0 spiro atoms. The first kappa shape index (κ1) is 20.1. The number of esters is 1. The van der Waals surface area contributed by atoms with Crippen molar-refractivity contribution in [2.75, 3.05) is 13.7 Å². The predicted octanol–water partition coefficient (Wildman–Crippen LogP) is 2.91. The van der Waals surface area contributed by atoms with E-state index < -0.39 is 0 Å². The number of benzene rings is 2. The molecule has 0 radical (unpaired) electrons. The molecule has 7 nitrogen and oxygen atoms in total. The maximum absolute atomic E-state index is 12.1. The summed E-state index contributed by atoms with van der Waals surface area (Å²) >= 11 is 0. The molecule has 1 aromatic heterocycles. The lowest BCUT2D eigenvalue weighted by Crippen LogP contribution is -2.19. The van der Waals surface area contributed by atoms with Crippen molar-refractivity contribution in [3.8, 4) is 5.75 Å². The third-order valence-corrected chi connectivity index (χ3v) is 4.34. The van der Waals surface area contributed by atoms with E-state index in [1.54, 1.807) is 20.2 Å². The molecule has 0 saturated heterocycles. The van der Waals surface area contributed by atoms with Crippen molar-refractivity contribution in [2.45, 2.75) is 19.9 Å². The fourth-order valence-electron chi connectivity index (χ4n) is 3.00. The highest BCUT2D eigenvalue weighted by atomic mass is 16.5. The van der Waals surface area contributed by atoms with Crippen LogP contribution in [0.25, 0.3) is 10.9 Å². The molecule has 0 aliphatic rings. The Labute approximate surface area is 168 Å². The molecule has 0 aliphatic heterocycles. The zero-order chi connectivity index (χ0) is 20.6. The van der Waals surface area contributed by atoms with Crippen LogP contribution in [-0.4, -0.2) is 36.4 Å². The monoisotopic (exact) mass is 393 g/mol. The van der Waals surface area contributed by atoms with E-state index >= 15 is 0 Å². The molecule has 0 bridgehead atoms. The normalized spacial score (nSPS) is 11.0. The van der Waals surface area contributed by atoms with Gasteiger partial charge in [0.2, 0.25) is 5.91 Å². The van der Waals surface area contributed by atoms with Crippen LogP contribution in [0.4, 0.5) is 0 Å². The van der Waals surface area contributed by atoms with Crippen molar-refractivity contribution in [1.82, 2.24) is 9.99 Å². The zero-order valence-electron chi connectivity index (χ0n) is 16.4. The number of rotatable bonds is 8. The summed E-state index contributed by atoms with van der Waals surface area (Å²) in [7, 11) is 1.60. The first-order valence-electron chi connectivity index (χ1n) is 9.29. The number of aromatic nitrogens is 1. The van der Waals surface area contributed by atoms with Crippen LogP contribution in [-0.2, 0) is 27.3 Å². The minimum Gasteiger partial charge on any atom is -0.497 e. The molecule has 1 heterocycles. The summed E-state index contributed by atoms with van der Waals surface area (Å²) in [6, 6.07) is 15.0. The van der Waals surface area contributed by atoms with E-state index in [0.29, 0.717) is 6.61 Å². The van der Waals surface area contributed by atoms with E-state index in [-0.39, 0.29) is 24.8 Å². The average Bonchev–Trinajstić information content (AvgIpc) is 3.06. The molecule has 0 fully saturated rings. The Balaban J connectivity index is 1.68. The summed E-state index contributed by atoms with van der Waals surface area (Å²) in [4.78, 5) is 24.0. The highest BCUT2D eigenvalue weighted by Gasteiger charge is 2.10. The van der Waals surface area contributed by atoms with Crippen molar-refractivity contribution in [1.29, 1.82) is 0 Å². The number of nitrogens with one attached hydrogen (secondary N) is 1. The largest absolute Gasteiger partial charge is 0.497 e. The zero-order valence-corrected chi connectivity index (χ0v) is 16.4. The number of ether oxygens (including phenoxy) is 2. The molecule has 150 valence electrons. The Morgan fingerprint density at radius 3 is 2.62 bits per heavy atom. The first-order valence-corrected chi connectivity index (χ1v) is 9.29. The molecule has 0 aliphatic carbocycles. The minimum absolute atomic E-state index is 0.117. The van der Waals surface area contributed by atoms with Gasteiger partial charge < -0.3 is 14.0 Å². The molecule has 0 atom stereocenters. The molecule has 7 heteroatoms. The standard InChI is InChI=1S/C22H23N3O4/c1-3-29-22(27)15-25-14-17(19-6-4-5-7-20(19)25)13-23-24-21(26)12-16-8-10-18(28-2)11-9-16/h4-11,13-14H,3,12,15H2,1-2H3,(H,24,26)/b23-13-. The van der Waals surface area contributed by atoms with Crippen LogP contribution in [0.15, 0.2) is 59.8 Å². The molecule has 29 heavy (non-hydrogen) atoms. The highest BCUT2D eigenvalue weighted by molar-refractivity contribution is 6.00. The summed E-state index contributed by atoms with van der Waals surface area (Å²) in [5, 5.41) is 5.01. The minimum atomic E-state index is -0.301. The fraction of sp³-hybridized carbons (Fsp3) is 0.227. The lowest BCUT2D eigenvalue weighted by molar-refractivity contribution is -0.143. The molecule has 3 rings (SSSR count). The number of hydrogen-bond donors (Lipinski definition) is 1. The fourth-order valence-corrected chi connectivity index (χ4v) is 3.00. The second kappa shape index (κ2) is 9.54. The van der Waals surface area contributed by atoms with Gasteiger partial charge in [0, 0.05) is 22.7 Å². The van der Waals surface area contributed by atoms with Gasteiger partial charge >= 0.3 is 5.97 Å². The van der Waals surface area contributed by atoms with Crippen LogP contribution in [0.3, 0.4) is 0 Å². The third kappa shape index (κ3) is 5.22. The molecular weight excluding hydrogens is 370 g/mol. The van der Waals surface area contributed by atoms with Gasteiger partial charge in [-0.1, -0.05) is 30.3 Å². The number of carbonyl (C=O) groups is 2. The van der Waals surface area contributed by atoms with E-state index in [0.717, 1.165) is 27.8 Å². The van der Waals surface area contributed by atoms with Crippen molar-refractivity contribution in [3.63, 3.8) is 0 Å². The maximum Gasteiger partial charge on any atom is 0.325 e. The maximum atomic E-state index is 12.1. The Bertz CT molecular complexity index is 1020. The number of fused-ring (bicyclic) bond motifs is 1. The van der Waals surface area contributed by atoms with Crippen molar-refractivity contribution >= 4 is 29.0 Å². The van der Waals surface area contributed by atoms with Gasteiger partial charge in [-0.05, 0) is 30.7 Å². The van der Waals surface area contributed by atoms with E-state index in [9.17, 15) is 9.59 Å². The van der Waals surface area contributed by atoms with Gasteiger partial charge in [0.1, 0.15) is 12.3 Å². The van der Waals surface area contributed by atoms with Crippen molar-refractivity contribution in [3.05, 3.63) is 65.9 Å². The summed E-state index contributed by atoms with van der Waals surface area (Å²) in [5.41, 5.74) is 5.10. The van der Waals surface area contributed by atoms with Gasteiger partial charge in [-0.25, -0.2) is 5.43 Å². The van der Waals surface area contributed by atoms with Crippen LogP contribution in [0.2, 0.25) is 0 Å². The summed E-state index contributed by atoms with van der Waals surface area (Å²) < 4.78 is 12.0. The molecular formula is C22H23N3O4. The molecule has 0 unspecified atom stereocenters. The average molecular weight is 393 g/mol. The van der Waals surface area contributed by atoms with Gasteiger partial charge in [-0.3, -0.25) is 9.59 Å². The van der Waals surface area contributed by atoms with E-state index in [1.165, 1.54) is 0 Å². The van der Waals surface area contributed by atoms with Crippen molar-refractivity contribution < 1.29 is 19.1 Å². The first-order chi connectivity index (χ1) is 14.1. The quantitative estimate of drug-likeness (QED) is 0.362. The lowest BCUT2D eigenvalue weighted by atomic mass is 10.1. The van der Waals surface area contributed by atoms with Gasteiger partial charge in [0.05, 0.1) is 26.4 Å². The van der Waals surface area contributed by atoms with Gasteiger partial charge in [0.25, 0.3) is 0 Å². The third-order valence-electron chi connectivity index (χ3n) is 4.34. The number of hydrazone groups is 1. The second-order valence-electron chi connectivity index (χ2n) is 6.35. The SMILES string of the molecule is CCOC(=O)Cn1cc(/C=N\NC(=O)Cc2ccc(OC)cc2)c2ccccc21. The summed E-state index contributed by atoms with van der Waals surface area (Å²) in [5.74, 6) is 0.220. The number of amides is 1. The smallest absolute Gasteiger partial charge is 0.325 e. The van der Waals surface area contributed by atoms with Gasteiger partial charge in [-0.15, -0.1) is 0 Å². The van der Waals surface area contributed by atoms with E-state index in [4.69, 9.17) is 9.47 Å².